The monoisotopic (exact) mass is 426 g/mol. The van der Waals surface area contributed by atoms with E-state index in [9.17, 15) is 4.79 Å². The maximum absolute atomic E-state index is 13.4. The predicted octanol–water partition coefficient (Wildman–Crippen LogP) is 3.90. The highest BCUT2D eigenvalue weighted by molar-refractivity contribution is 5.88. The van der Waals surface area contributed by atoms with Crippen molar-refractivity contribution in [2.45, 2.75) is 24.9 Å². The minimum atomic E-state index is -0.468. The van der Waals surface area contributed by atoms with Gasteiger partial charge in [-0.05, 0) is 36.6 Å². The summed E-state index contributed by atoms with van der Waals surface area (Å²) in [6.45, 7) is 1.63. The number of nitrogens with one attached hydrogen (secondary N) is 3. The lowest BCUT2D eigenvalue weighted by atomic mass is 10.0. The van der Waals surface area contributed by atoms with Crippen LogP contribution in [0.4, 0.5) is 11.5 Å². The van der Waals surface area contributed by atoms with Crippen molar-refractivity contribution in [3.8, 4) is 0 Å². The Kier molecular flexibility index (Phi) is 5.70. The molecule has 2 unspecified atom stereocenters. The van der Waals surface area contributed by atoms with Crippen LogP contribution in [0, 0.1) is 0 Å². The quantitative estimate of drug-likeness (QED) is 0.435. The Hall–Kier alpha value is -3.87. The standard InChI is InChI=1S/C25H26N6O/c32-25(22(18-8-3-1-4-9-18)29-19-10-5-2-6-11-19)30-20-12-7-15-31(16-20)24-21-13-14-26-23(21)27-17-28-24/h1-6,8-11,13-14,17,20,22,29H,7,12,15-16H2,(H,30,32)(H,26,27,28). The van der Waals surface area contributed by atoms with Crippen molar-refractivity contribution in [3.05, 3.63) is 84.8 Å². The zero-order valence-electron chi connectivity index (χ0n) is 17.7. The summed E-state index contributed by atoms with van der Waals surface area (Å²) in [7, 11) is 0. The molecule has 7 nitrogen and oxygen atoms in total. The molecular weight excluding hydrogens is 400 g/mol. The van der Waals surface area contributed by atoms with Crippen molar-refractivity contribution in [3.63, 3.8) is 0 Å². The van der Waals surface area contributed by atoms with E-state index < -0.39 is 6.04 Å². The first-order valence-corrected chi connectivity index (χ1v) is 11.0. The molecule has 2 atom stereocenters. The molecule has 1 aliphatic heterocycles. The van der Waals surface area contributed by atoms with Gasteiger partial charge in [0.05, 0.1) is 5.39 Å². The van der Waals surface area contributed by atoms with E-state index in [1.807, 2.05) is 72.9 Å². The predicted molar refractivity (Wildman–Crippen MR) is 127 cm³/mol. The summed E-state index contributed by atoms with van der Waals surface area (Å²) in [6, 6.07) is 21.3. The van der Waals surface area contributed by atoms with Crippen LogP contribution >= 0.6 is 0 Å². The minimum absolute atomic E-state index is 0.0265. The van der Waals surface area contributed by atoms with Crippen LogP contribution in [0.2, 0.25) is 0 Å². The number of hydrogen-bond acceptors (Lipinski definition) is 5. The molecular formula is C25H26N6O. The van der Waals surface area contributed by atoms with Crippen LogP contribution in [0.15, 0.2) is 79.3 Å². The summed E-state index contributed by atoms with van der Waals surface area (Å²) in [6.07, 6.45) is 5.40. The number of aromatic nitrogens is 3. The normalized spacial score (nSPS) is 17.1. The molecule has 32 heavy (non-hydrogen) atoms. The summed E-state index contributed by atoms with van der Waals surface area (Å²) in [5.74, 6) is 0.888. The van der Waals surface area contributed by atoms with Crippen LogP contribution < -0.4 is 15.5 Å². The topological polar surface area (TPSA) is 85.9 Å². The van der Waals surface area contributed by atoms with Crippen LogP contribution in [0.3, 0.4) is 0 Å². The number of rotatable bonds is 6. The minimum Gasteiger partial charge on any atom is -0.370 e. The smallest absolute Gasteiger partial charge is 0.247 e. The van der Waals surface area contributed by atoms with Crippen molar-refractivity contribution in [1.29, 1.82) is 0 Å². The van der Waals surface area contributed by atoms with Crippen LogP contribution in [0.5, 0.6) is 0 Å². The number of hydrogen-bond donors (Lipinski definition) is 3. The van der Waals surface area contributed by atoms with Gasteiger partial charge in [0.15, 0.2) is 0 Å². The Morgan fingerprint density at radius 1 is 1.03 bits per heavy atom. The molecule has 3 N–H and O–H groups in total. The summed E-state index contributed by atoms with van der Waals surface area (Å²) >= 11 is 0. The molecule has 162 valence electrons. The van der Waals surface area contributed by atoms with Crippen molar-refractivity contribution in [1.82, 2.24) is 20.3 Å². The Labute approximate surface area is 186 Å². The molecule has 4 aromatic rings. The molecule has 3 heterocycles. The Morgan fingerprint density at radius 3 is 2.62 bits per heavy atom. The molecule has 0 aliphatic carbocycles. The molecule has 7 heteroatoms. The van der Waals surface area contributed by atoms with Gasteiger partial charge in [-0.1, -0.05) is 48.5 Å². The van der Waals surface area contributed by atoms with Gasteiger partial charge in [-0.15, -0.1) is 0 Å². The lowest BCUT2D eigenvalue weighted by molar-refractivity contribution is -0.122. The highest BCUT2D eigenvalue weighted by atomic mass is 16.2. The number of nitrogens with zero attached hydrogens (tertiary/aromatic N) is 3. The van der Waals surface area contributed by atoms with Crippen LogP contribution in [-0.4, -0.2) is 40.0 Å². The highest BCUT2D eigenvalue weighted by Crippen LogP contribution is 2.26. The maximum Gasteiger partial charge on any atom is 0.247 e. The fourth-order valence-electron chi connectivity index (χ4n) is 4.33. The van der Waals surface area contributed by atoms with Gasteiger partial charge in [0.2, 0.25) is 5.91 Å². The SMILES string of the molecule is O=C(NC1CCCN(c2ncnc3[nH]ccc23)C1)C(Nc1ccccc1)c1ccccc1. The van der Waals surface area contributed by atoms with Gasteiger partial charge in [0.1, 0.15) is 23.8 Å². The molecule has 1 amide bonds. The van der Waals surface area contributed by atoms with Gasteiger partial charge < -0.3 is 20.5 Å². The Bertz CT molecular complexity index is 1180. The lowest BCUT2D eigenvalue weighted by Gasteiger charge is -2.35. The van der Waals surface area contributed by atoms with Crippen molar-refractivity contribution < 1.29 is 4.79 Å². The highest BCUT2D eigenvalue weighted by Gasteiger charge is 2.27. The zero-order valence-corrected chi connectivity index (χ0v) is 17.7. The molecule has 0 bridgehead atoms. The summed E-state index contributed by atoms with van der Waals surface area (Å²) in [4.78, 5) is 27.6. The molecule has 1 aliphatic rings. The molecule has 1 saturated heterocycles. The third-order valence-corrected chi connectivity index (χ3v) is 5.88. The molecule has 1 fully saturated rings. The van der Waals surface area contributed by atoms with Crippen molar-refractivity contribution in [2.75, 3.05) is 23.3 Å². The first-order chi connectivity index (χ1) is 15.8. The number of H-pyrrole nitrogens is 1. The summed E-state index contributed by atoms with van der Waals surface area (Å²) in [5, 5.41) is 7.69. The van der Waals surface area contributed by atoms with E-state index in [0.717, 1.165) is 54.0 Å². The lowest BCUT2D eigenvalue weighted by Crippen LogP contribution is -2.50. The molecule has 2 aromatic heterocycles. The first kappa shape index (κ1) is 20.1. The third-order valence-electron chi connectivity index (χ3n) is 5.88. The fraction of sp³-hybridized carbons (Fsp3) is 0.240. The van der Waals surface area contributed by atoms with Gasteiger partial charge in [-0.3, -0.25) is 4.79 Å². The molecule has 0 radical (unpaired) electrons. The zero-order chi connectivity index (χ0) is 21.8. The third kappa shape index (κ3) is 4.27. The first-order valence-electron chi connectivity index (χ1n) is 11.0. The second kappa shape index (κ2) is 9.09. The number of aromatic amines is 1. The van der Waals surface area contributed by atoms with E-state index in [-0.39, 0.29) is 11.9 Å². The number of para-hydroxylation sites is 1. The Balaban J connectivity index is 1.33. The Morgan fingerprint density at radius 2 is 1.81 bits per heavy atom. The van der Waals surface area contributed by atoms with Gasteiger partial charge in [-0.2, -0.15) is 0 Å². The molecule has 5 rings (SSSR count). The van der Waals surface area contributed by atoms with E-state index >= 15 is 0 Å². The second-order valence-electron chi connectivity index (χ2n) is 8.09. The maximum atomic E-state index is 13.4. The average molecular weight is 427 g/mol. The number of carbonyl (C=O) groups excluding carboxylic acids is 1. The number of piperidine rings is 1. The summed E-state index contributed by atoms with van der Waals surface area (Å²) in [5.41, 5.74) is 2.68. The van der Waals surface area contributed by atoms with Gasteiger partial charge in [0.25, 0.3) is 0 Å². The molecule has 0 saturated carbocycles. The second-order valence-corrected chi connectivity index (χ2v) is 8.09. The van der Waals surface area contributed by atoms with E-state index in [0.29, 0.717) is 0 Å². The van der Waals surface area contributed by atoms with E-state index in [4.69, 9.17) is 0 Å². The van der Waals surface area contributed by atoms with E-state index in [1.165, 1.54) is 0 Å². The number of fused-ring (bicyclic) bond motifs is 1. The van der Waals surface area contributed by atoms with Crippen LogP contribution in [-0.2, 0) is 4.79 Å². The number of benzene rings is 2. The largest absolute Gasteiger partial charge is 0.370 e. The van der Waals surface area contributed by atoms with Crippen LogP contribution in [0.25, 0.3) is 11.0 Å². The van der Waals surface area contributed by atoms with E-state index in [2.05, 4.69) is 30.5 Å². The average Bonchev–Trinajstić information content (AvgIpc) is 3.33. The van der Waals surface area contributed by atoms with Gasteiger partial charge >= 0.3 is 0 Å². The number of anilines is 2. The summed E-state index contributed by atoms with van der Waals surface area (Å²) < 4.78 is 0. The molecule has 2 aromatic carbocycles. The van der Waals surface area contributed by atoms with Crippen molar-refractivity contribution in [2.24, 2.45) is 0 Å². The van der Waals surface area contributed by atoms with Gasteiger partial charge in [-0.25, -0.2) is 9.97 Å². The fourth-order valence-corrected chi connectivity index (χ4v) is 4.33. The van der Waals surface area contributed by atoms with E-state index in [1.54, 1.807) is 6.33 Å². The molecule has 0 spiro atoms. The number of amides is 1. The van der Waals surface area contributed by atoms with Crippen molar-refractivity contribution >= 4 is 28.4 Å². The van der Waals surface area contributed by atoms with Gasteiger partial charge in [0, 0.05) is 31.0 Å². The number of carbonyl (C=O) groups is 1. The van der Waals surface area contributed by atoms with Crippen LogP contribution in [0.1, 0.15) is 24.4 Å².